The summed E-state index contributed by atoms with van der Waals surface area (Å²) in [5.74, 6) is -0.851. The Balaban J connectivity index is 4.15. The van der Waals surface area contributed by atoms with Crippen LogP contribution in [-0.2, 0) is 28.6 Å². The highest BCUT2D eigenvalue weighted by molar-refractivity contribution is 5.71. The van der Waals surface area contributed by atoms with Crippen LogP contribution in [0.4, 0.5) is 0 Å². The van der Waals surface area contributed by atoms with Gasteiger partial charge in [-0.1, -0.05) is 320 Å². The molecule has 0 aromatic heterocycles. The lowest BCUT2D eigenvalue weighted by molar-refractivity contribution is -0.167. The zero-order chi connectivity index (χ0) is 56.4. The molecule has 6 nitrogen and oxygen atoms in total. The zero-order valence-corrected chi connectivity index (χ0v) is 52.5. The summed E-state index contributed by atoms with van der Waals surface area (Å²) in [5.41, 5.74) is 0. The lowest BCUT2D eigenvalue weighted by Gasteiger charge is -2.18. The van der Waals surface area contributed by atoms with Crippen molar-refractivity contribution in [1.29, 1.82) is 0 Å². The third kappa shape index (κ3) is 64.2. The van der Waals surface area contributed by atoms with Gasteiger partial charge in [0.05, 0.1) is 0 Å². The van der Waals surface area contributed by atoms with E-state index in [-0.39, 0.29) is 31.1 Å². The van der Waals surface area contributed by atoms with E-state index in [0.717, 1.165) is 70.6 Å². The fourth-order valence-electron chi connectivity index (χ4n) is 10.3. The molecule has 78 heavy (non-hydrogen) atoms. The summed E-state index contributed by atoms with van der Waals surface area (Å²) in [4.78, 5) is 38.3. The van der Waals surface area contributed by atoms with Crippen molar-refractivity contribution in [3.05, 3.63) is 48.6 Å². The zero-order valence-electron chi connectivity index (χ0n) is 52.5. The van der Waals surface area contributed by atoms with Crippen molar-refractivity contribution in [1.82, 2.24) is 0 Å². The summed E-state index contributed by atoms with van der Waals surface area (Å²) in [6.45, 7) is 6.67. The van der Waals surface area contributed by atoms with Gasteiger partial charge in [-0.2, -0.15) is 0 Å². The van der Waals surface area contributed by atoms with Crippen LogP contribution in [0.1, 0.15) is 374 Å². The minimum atomic E-state index is -0.772. The third-order valence-electron chi connectivity index (χ3n) is 15.6. The largest absolute Gasteiger partial charge is 0.462 e. The lowest BCUT2D eigenvalue weighted by atomic mass is 10.0. The normalized spacial score (nSPS) is 12.3. The number of unbranched alkanes of at least 4 members (excludes halogenated alkanes) is 45. The van der Waals surface area contributed by atoms with Gasteiger partial charge < -0.3 is 14.2 Å². The molecule has 0 radical (unpaired) electrons. The molecule has 0 saturated heterocycles. The summed E-state index contributed by atoms with van der Waals surface area (Å²) < 4.78 is 17.0. The van der Waals surface area contributed by atoms with Gasteiger partial charge in [-0.3, -0.25) is 14.4 Å². The van der Waals surface area contributed by atoms with Gasteiger partial charge in [-0.05, 0) is 83.5 Å². The third-order valence-corrected chi connectivity index (χ3v) is 15.6. The summed E-state index contributed by atoms with van der Waals surface area (Å²) >= 11 is 0. The van der Waals surface area contributed by atoms with E-state index >= 15 is 0 Å². The van der Waals surface area contributed by atoms with E-state index in [1.54, 1.807) is 0 Å². The maximum absolute atomic E-state index is 12.9. The highest BCUT2D eigenvalue weighted by atomic mass is 16.6. The second-order valence-electron chi connectivity index (χ2n) is 23.4. The molecule has 1 atom stereocenters. The molecule has 0 amide bonds. The highest BCUT2D eigenvalue weighted by Gasteiger charge is 2.19. The minimum Gasteiger partial charge on any atom is -0.462 e. The number of carbonyl (C=O) groups is 3. The first-order chi connectivity index (χ1) is 38.5. The van der Waals surface area contributed by atoms with Crippen LogP contribution in [0.3, 0.4) is 0 Å². The number of rotatable bonds is 64. The standard InChI is InChI=1S/C72H132O6/c1-4-7-10-13-16-19-22-25-27-29-30-31-32-33-34-35-36-37-38-39-40-41-42-44-45-47-50-53-56-59-62-65-71(74)77-68-69(67-76-70(73)64-61-58-55-52-49-24-21-18-15-12-9-6-3)78-72(75)66-63-60-57-54-51-48-46-43-28-26-23-20-17-14-11-8-5-2/h22,25-26,28-30,32-33,69H,4-21,23-24,27,31,34-68H2,1-3H3/b25-22-,28-26-,30-29-,33-32-. The smallest absolute Gasteiger partial charge is 0.306 e. The predicted octanol–water partition coefficient (Wildman–Crippen LogP) is 23.7. The highest BCUT2D eigenvalue weighted by Crippen LogP contribution is 2.18. The van der Waals surface area contributed by atoms with Crippen LogP contribution in [0.2, 0.25) is 0 Å². The molecule has 6 heteroatoms. The number of carbonyl (C=O) groups excluding carboxylic acids is 3. The second kappa shape index (κ2) is 66.9. The van der Waals surface area contributed by atoms with Crippen molar-refractivity contribution in [3.8, 4) is 0 Å². The van der Waals surface area contributed by atoms with Crippen LogP contribution in [-0.4, -0.2) is 37.2 Å². The molecular weight excluding hydrogens is 961 g/mol. The summed E-state index contributed by atoms with van der Waals surface area (Å²) in [7, 11) is 0. The Morgan fingerprint density at radius 2 is 0.462 bits per heavy atom. The fraction of sp³-hybridized carbons (Fsp3) is 0.847. The second-order valence-corrected chi connectivity index (χ2v) is 23.4. The van der Waals surface area contributed by atoms with Gasteiger partial charge in [-0.15, -0.1) is 0 Å². The lowest BCUT2D eigenvalue weighted by Crippen LogP contribution is -2.30. The van der Waals surface area contributed by atoms with Crippen molar-refractivity contribution >= 4 is 17.9 Å². The average Bonchev–Trinajstić information content (AvgIpc) is 3.44. The number of hydrogen-bond donors (Lipinski definition) is 0. The van der Waals surface area contributed by atoms with E-state index in [0.29, 0.717) is 19.3 Å². The monoisotopic (exact) mass is 1090 g/mol. The quantitative estimate of drug-likeness (QED) is 0.0261. The van der Waals surface area contributed by atoms with Crippen LogP contribution >= 0.6 is 0 Å². The van der Waals surface area contributed by atoms with E-state index in [2.05, 4.69) is 69.4 Å². The summed E-state index contributed by atoms with van der Waals surface area (Å²) in [5, 5.41) is 0. The number of hydrogen-bond acceptors (Lipinski definition) is 6. The fourth-order valence-corrected chi connectivity index (χ4v) is 10.3. The van der Waals surface area contributed by atoms with Crippen molar-refractivity contribution in [2.75, 3.05) is 13.2 Å². The van der Waals surface area contributed by atoms with Crippen LogP contribution in [0.25, 0.3) is 0 Å². The first-order valence-electron chi connectivity index (χ1n) is 34.6. The Kier molecular flexibility index (Phi) is 64.6. The number of esters is 3. The molecule has 0 fully saturated rings. The Bertz CT molecular complexity index is 1350. The van der Waals surface area contributed by atoms with Gasteiger partial charge in [0, 0.05) is 19.3 Å². The summed E-state index contributed by atoms with van der Waals surface area (Å²) in [6.07, 6.45) is 84.2. The van der Waals surface area contributed by atoms with Crippen LogP contribution in [0, 0.1) is 0 Å². The van der Waals surface area contributed by atoms with Crippen molar-refractivity contribution in [2.24, 2.45) is 0 Å². The maximum Gasteiger partial charge on any atom is 0.306 e. The van der Waals surface area contributed by atoms with E-state index in [4.69, 9.17) is 14.2 Å². The molecule has 0 rings (SSSR count). The van der Waals surface area contributed by atoms with E-state index in [9.17, 15) is 14.4 Å². The Morgan fingerprint density at radius 1 is 0.256 bits per heavy atom. The molecule has 0 heterocycles. The molecule has 0 spiro atoms. The number of ether oxygens (including phenoxy) is 3. The van der Waals surface area contributed by atoms with E-state index in [1.807, 2.05) is 0 Å². The SMILES string of the molecule is CCCCCCC/C=C\C/C=C\C/C=C\CCCCCCCCCCCCCCCCCCC(=O)OCC(COC(=O)CCCCCCCCCCCCCC)OC(=O)CCCCCCCCC/C=C\CCCCCCCC. The Morgan fingerprint density at radius 3 is 0.731 bits per heavy atom. The molecule has 0 aliphatic heterocycles. The molecule has 0 saturated carbocycles. The van der Waals surface area contributed by atoms with Crippen molar-refractivity contribution in [2.45, 2.75) is 380 Å². The Hall–Kier alpha value is -2.63. The number of allylic oxidation sites excluding steroid dienone is 8. The molecule has 0 aromatic rings. The van der Waals surface area contributed by atoms with Crippen LogP contribution < -0.4 is 0 Å². The first-order valence-corrected chi connectivity index (χ1v) is 34.6. The molecule has 0 aliphatic rings. The molecule has 0 bridgehead atoms. The van der Waals surface area contributed by atoms with Crippen molar-refractivity contribution in [3.63, 3.8) is 0 Å². The van der Waals surface area contributed by atoms with Gasteiger partial charge in [0.15, 0.2) is 6.10 Å². The van der Waals surface area contributed by atoms with Crippen LogP contribution in [0.5, 0.6) is 0 Å². The Labute approximate surface area is 486 Å². The van der Waals surface area contributed by atoms with E-state index in [1.165, 1.54) is 263 Å². The maximum atomic E-state index is 12.9. The predicted molar refractivity (Wildman–Crippen MR) is 339 cm³/mol. The van der Waals surface area contributed by atoms with Gasteiger partial charge in [0.25, 0.3) is 0 Å². The molecule has 1 unspecified atom stereocenters. The van der Waals surface area contributed by atoms with Crippen molar-refractivity contribution < 1.29 is 28.6 Å². The van der Waals surface area contributed by atoms with Gasteiger partial charge >= 0.3 is 17.9 Å². The van der Waals surface area contributed by atoms with Gasteiger partial charge in [-0.25, -0.2) is 0 Å². The average molecular weight is 1090 g/mol. The van der Waals surface area contributed by atoms with Crippen LogP contribution in [0.15, 0.2) is 48.6 Å². The van der Waals surface area contributed by atoms with Gasteiger partial charge in [0.1, 0.15) is 13.2 Å². The van der Waals surface area contributed by atoms with Gasteiger partial charge in [0.2, 0.25) is 0 Å². The first kappa shape index (κ1) is 75.4. The molecule has 0 aliphatic carbocycles. The molecule has 0 aromatic carbocycles. The van der Waals surface area contributed by atoms with E-state index < -0.39 is 6.10 Å². The summed E-state index contributed by atoms with van der Waals surface area (Å²) in [6, 6.07) is 0. The molecule has 456 valence electrons. The minimum absolute atomic E-state index is 0.0695. The molecular formula is C72H132O6. The molecule has 0 N–H and O–H groups in total. The topological polar surface area (TPSA) is 78.9 Å².